The van der Waals surface area contributed by atoms with E-state index in [1.165, 1.54) is 0 Å². The van der Waals surface area contributed by atoms with Crippen molar-refractivity contribution in [1.82, 2.24) is 0 Å². The minimum atomic E-state index is -2.10. The summed E-state index contributed by atoms with van der Waals surface area (Å²) in [6, 6.07) is 0. The molecule has 3 heteroatoms. The van der Waals surface area contributed by atoms with Crippen LogP contribution in [0.25, 0.3) is 0 Å². The fourth-order valence-electron chi connectivity index (χ4n) is 0.865. The summed E-state index contributed by atoms with van der Waals surface area (Å²) in [6.07, 6.45) is 2.56. The Morgan fingerprint density at radius 3 is 2.70 bits per heavy atom. The van der Waals surface area contributed by atoms with Gasteiger partial charge >= 0.3 is 67.1 Å². The van der Waals surface area contributed by atoms with Crippen molar-refractivity contribution in [2.45, 2.75) is 6.92 Å². The van der Waals surface area contributed by atoms with Crippen LogP contribution in [0.5, 0.6) is 0 Å². The summed E-state index contributed by atoms with van der Waals surface area (Å²) in [4.78, 5) is 21.0. The van der Waals surface area contributed by atoms with Crippen LogP contribution in [-0.4, -0.2) is 31.3 Å². The Morgan fingerprint density at radius 2 is 2.40 bits per heavy atom. The van der Waals surface area contributed by atoms with E-state index >= 15 is 0 Å². The average Bonchev–Trinajstić information content (AvgIpc) is 2.34. The molecule has 0 fully saturated rings. The van der Waals surface area contributed by atoms with E-state index in [-0.39, 0.29) is 3.54 Å². The molecule has 0 bridgehead atoms. The van der Waals surface area contributed by atoms with Crippen molar-refractivity contribution in [2.24, 2.45) is 0 Å². The molecule has 10 heavy (non-hydrogen) atoms. The van der Waals surface area contributed by atoms with Crippen LogP contribution in [0.2, 0.25) is 0 Å². The molecule has 0 aromatic heterocycles. The van der Waals surface area contributed by atoms with Crippen LogP contribution in [0, 0.1) is 0 Å². The minimum absolute atomic E-state index is 0.287. The summed E-state index contributed by atoms with van der Waals surface area (Å²) in [5.41, 5.74) is 0.691. The first-order valence-corrected chi connectivity index (χ1v) is 8.55. The number of hydrogen-bond donors (Lipinski definition) is 0. The van der Waals surface area contributed by atoms with E-state index in [2.05, 4.69) is 0 Å². The van der Waals surface area contributed by atoms with Crippen molar-refractivity contribution in [3.05, 3.63) is 19.3 Å². The van der Waals surface area contributed by atoms with Gasteiger partial charge in [0.2, 0.25) is 0 Å². The summed E-state index contributed by atoms with van der Waals surface area (Å²) >= 11 is -2.10. The van der Waals surface area contributed by atoms with E-state index in [9.17, 15) is 9.59 Å². The Balaban J connectivity index is 2.74. The summed E-state index contributed by atoms with van der Waals surface area (Å²) in [7, 11) is 0. The molecule has 0 spiro atoms. The van der Waals surface area contributed by atoms with Crippen LogP contribution in [0.4, 0.5) is 0 Å². The Morgan fingerprint density at radius 1 is 1.70 bits per heavy atom. The van der Waals surface area contributed by atoms with Crippen molar-refractivity contribution in [3.63, 3.8) is 0 Å². The van der Waals surface area contributed by atoms with Crippen LogP contribution in [0.3, 0.4) is 0 Å². The molecule has 0 aliphatic carbocycles. The topological polar surface area (TPSA) is 34.1 Å². The van der Waals surface area contributed by atoms with E-state index in [0.29, 0.717) is 5.57 Å². The number of carbonyl (C=O) groups excluding carboxylic acids is 2. The molecule has 0 unspecified atom stereocenters. The van der Waals surface area contributed by atoms with Crippen molar-refractivity contribution in [2.75, 3.05) is 0 Å². The van der Waals surface area contributed by atoms with Gasteiger partial charge in [0.05, 0.1) is 0 Å². The molecule has 0 saturated carbocycles. The van der Waals surface area contributed by atoms with Crippen molar-refractivity contribution in [3.8, 4) is 0 Å². The zero-order chi connectivity index (χ0) is 7.56. The SMILES string of the molecule is C[C](=O)[In]1[CH]=CC(C=O)=[CH]1. The van der Waals surface area contributed by atoms with Gasteiger partial charge in [-0.2, -0.15) is 0 Å². The molecule has 0 atom stereocenters. The van der Waals surface area contributed by atoms with Crippen molar-refractivity contribution >= 4 is 31.3 Å². The average molecular weight is 238 g/mol. The van der Waals surface area contributed by atoms with Gasteiger partial charge in [0.15, 0.2) is 0 Å². The van der Waals surface area contributed by atoms with Crippen LogP contribution in [-0.2, 0) is 9.59 Å². The molecule has 1 aliphatic rings. The molecule has 1 heterocycles. The number of aldehydes is 1. The number of allylic oxidation sites excluding steroid dienone is 2. The van der Waals surface area contributed by atoms with Crippen LogP contribution in [0.1, 0.15) is 6.92 Å². The molecule has 0 aromatic carbocycles. The van der Waals surface area contributed by atoms with Crippen LogP contribution >= 0.6 is 0 Å². The predicted molar refractivity (Wildman–Crippen MR) is 39.7 cm³/mol. The Bertz CT molecular complexity index is 228. The predicted octanol–water partition coefficient (Wildman–Crippen LogP) is 0.383. The molecule has 1 rings (SSSR count). The third-order valence-electron chi connectivity index (χ3n) is 1.47. The molecule has 0 aromatic rings. The molecule has 0 radical (unpaired) electrons. The first kappa shape index (κ1) is 7.79. The first-order valence-electron chi connectivity index (χ1n) is 3.09. The summed E-state index contributed by atoms with van der Waals surface area (Å²) in [5.74, 6) is 0. The van der Waals surface area contributed by atoms with Gasteiger partial charge in [-0.05, 0) is 0 Å². The number of carbonyl (C=O) groups is 2. The number of rotatable bonds is 2. The fourth-order valence-corrected chi connectivity index (χ4v) is 5.58. The van der Waals surface area contributed by atoms with E-state index in [0.717, 1.165) is 6.29 Å². The number of hydrogen-bond acceptors (Lipinski definition) is 2. The third-order valence-corrected chi connectivity index (χ3v) is 8.01. The summed E-state index contributed by atoms with van der Waals surface area (Å²) in [6.45, 7) is 1.61. The second-order valence-electron chi connectivity index (χ2n) is 2.28. The molecule has 1 aliphatic heterocycles. The molecule has 0 saturated heterocycles. The standard InChI is InChI=1S/C5H4O.C2H3O.In/c1-3-5(2)4-6;1-2-3;/h1-4H;1H3;. The first-order chi connectivity index (χ1) is 4.74. The van der Waals surface area contributed by atoms with Crippen LogP contribution < -0.4 is 0 Å². The van der Waals surface area contributed by atoms with Gasteiger partial charge in [0.1, 0.15) is 0 Å². The van der Waals surface area contributed by atoms with Crippen molar-refractivity contribution in [1.29, 1.82) is 0 Å². The Hall–Kier alpha value is -0.310. The summed E-state index contributed by atoms with van der Waals surface area (Å²) < 4.78 is 4.10. The Labute approximate surface area is 67.1 Å². The van der Waals surface area contributed by atoms with E-state index in [1.807, 2.05) is 7.67 Å². The van der Waals surface area contributed by atoms with Gasteiger partial charge in [-0.3, -0.25) is 0 Å². The van der Waals surface area contributed by atoms with Crippen molar-refractivity contribution < 1.29 is 9.59 Å². The van der Waals surface area contributed by atoms with Crippen LogP contribution in [0.15, 0.2) is 19.3 Å². The van der Waals surface area contributed by atoms with E-state index < -0.39 is 21.4 Å². The maximum absolute atomic E-state index is 10.8. The second-order valence-corrected chi connectivity index (χ2v) is 9.65. The zero-order valence-electron chi connectivity index (χ0n) is 5.70. The molecule has 0 N–H and O–H groups in total. The monoisotopic (exact) mass is 238 g/mol. The zero-order valence-corrected chi connectivity index (χ0v) is 9.00. The van der Waals surface area contributed by atoms with E-state index in [1.54, 1.807) is 13.0 Å². The fraction of sp³-hybridized carbons (Fsp3) is 0.143. The molecule has 2 nitrogen and oxygen atoms in total. The third kappa shape index (κ3) is 1.59. The Kier molecular flexibility index (Phi) is 2.49. The molecule has 0 amide bonds. The van der Waals surface area contributed by atoms with Gasteiger partial charge in [-0.1, -0.05) is 0 Å². The van der Waals surface area contributed by atoms with Gasteiger partial charge in [-0.25, -0.2) is 0 Å². The van der Waals surface area contributed by atoms with Gasteiger partial charge < -0.3 is 0 Å². The molecular weight excluding hydrogens is 231 g/mol. The molecule has 50 valence electrons. The maximum atomic E-state index is 10.8. The van der Waals surface area contributed by atoms with Gasteiger partial charge in [0, 0.05) is 0 Å². The quantitative estimate of drug-likeness (QED) is 0.652. The van der Waals surface area contributed by atoms with Gasteiger partial charge in [0.25, 0.3) is 0 Å². The molecular formula is C7H7InO2. The van der Waals surface area contributed by atoms with E-state index in [4.69, 9.17) is 0 Å². The summed E-state index contributed by atoms with van der Waals surface area (Å²) in [5, 5.41) is 0. The normalized spacial score (nSPS) is 15.3. The second kappa shape index (κ2) is 3.19. The van der Waals surface area contributed by atoms with Gasteiger partial charge in [-0.15, -0.1) is 0 Å².